The quantitative estimate of drug-likeness (QED) is 0.709. The molecule has 0 fully saturated rings. The second-order valence-electron chi connectivity index (χ2n) is 2.84. The molecule has 0 aliphatic heterocycles. The van der Waals surface area contributed by atoms with Crippen molar-refractivity contribution < 1.29 is 9.63 Å². The first-order chi connectivity index (χ1) is 6.26. The fourth-order valence-corrected chi connectivity index (χ4v) is 1.10. The zero-order chi connectivity index (χ0) is 9.68. The molecular formula is C10H13NO2. The van der Waals surface area contributed by atoms with Crippen LogP contribution in [0.1, 0.15) is 18.1 Å². The van der Waals surface area contributed by atoms with Crippen molar-refractivity contribution in [1.29, 1.82) is 0 Å². The number of carbonyl (C=O) groups is 1. The smallest absolute Gasteiger partial charge is 0.328 e. The van der Waals surface area contributed by atoms with Crippen LogP contribution in [0.4, 0.5) is 0 Å². The first-order valence-electron chi connectivity index (χ1n) is 4.23. The average Bonchev–Trinajstić information content (AvgIpc) is 2.19. The Morgan fingerprint density at radius 2 is 1.85 bits per heavy atom. The van der Waals surface area contributed by atoms with Crippen molar-refractivity contribution in [1.82, 2.24) is 0 Å². The summed E-state index contributed by atoms with van der Waals surface area (Å²) >= 11 is 0. The van der Waals surface area contributed by atoms with E-state index in [1.165, 1.54) is 5.56 Å². The van der Waals surface area contributed by atoms with Gasteiger partial charge < -0.3 is 4.84 Å². The lowest BCUT2D eigenvalue weighted by atomic mass is 10.1. The van der Waals surface area contributed by atoms with E-state index in [0.717, 1.165) is 12.0 Å². The zero-order valence-electron chi connectivity index (χ0n) is 7.62. The summed E-state index contributed by atoms with van der Waals surface area (Å²) in [6.45, 7) is 2.09. The van der Waals surface area contributed by atoms with Gasteiger partial charge in [-0.25, -0.2) is 0 Å². The number of carbonyl (C=O) groups excluding carboxylic acids is 1. The molecule has 1 aromatic rings. The predicted molar refractivity (Wildman–Crippen MR) is 49.8 cm³/mol. The van der Waals surface area contributed by atoms with Crippen LogP contribution in [0.3, 0.4) is 0 Å². The van der Waals surface area contributed by atoms with Crippen molar-refractivity contribution in [2.24, 2.45) is 5.90 Å². The summed E-state index contributed by atoms with van der Waals surface area (Å²) in [7, 11) is 0. The number of rotatable bonds is 3. The molecule has 0 bridgehead atoms. The summed E-state index contributed by atoms with van der Waals surface area (Å²) in [6.07, 6.45) is 1.24. The molecule has 70 valence electrons. The highest BCUT2D eigenvalue weighted by molar-refractivity contribution is 5.72. The lowest BCUT2D eigenvalue weighted by Crippen LogP contribution is -2.12. The highest BCUT2D eigenvalue weighted by Gasteiger charge is 2.02. The fourth-order valence-electron chi connectivity index (χ4n) is 1.10. The van der Waals surface area contributed by atoms with Gasteiger partial charge in [-0.2, -0.15) is 5.90 Å². The molecule has 0 aromatic heterocycles. The molecule has 3 heteroatoms. The van der Waals surface area contributed by atoms with Crippen molar-refractivity contribution in [3.63, 3.8) is 0 Å². The molecule has 0 spiro atoms. The molecule has 0 heterocycles. The maximum absolute atomic E-state index is 10.8. The van der Waals surface area contributed by atoms with Gasteiger partial charge in [-0.1, -0.05) is 31.2 Å². The van der Waals surface area contributed by atoms with Gasteiger partial charge in [0.25, 0.3) is 0 Å². The number of hydrogen-bond acceptors (Lipinski definition) is 3. The Labute approximate surface area is 77.5 Å². The average molecular weight is 179 g/mol. The first-order valence-corrected chi connectivity index (χ1v) is 4.23. The molecular weight excluding hydrogens is 166 g/mol. The van der Waals surface area contributed by atoms with Crippen LogP contribution in [0.2, 0.25) is 0 Å². The zero-order valence-corrected chi connectivity index (χ0v) is 7.62. The third-order valence-corrected chi connectivity index (χ3v) is 1.91. The molecule has 0 atom stereocenters. The molecule has 0 radical (unpaired) electrons. The molecule has 0 saturated carbocycles. The Bertz CT molecular complexity index is 279. The summed E-state index contributed by atoms with van der Waals surface area (Å²) in [5, 5.41) is 0. The second-order valence-corrected chi connectivity index (χ2v) is 2.84. The van der Waals surface area contributed by atoms with Crippen molar-refractivity contribution in [3.05, 3.63) is 35.4 Å². The molecule has 0 aliphatic carbocycles. The van der Waals surface area contributed by atoms with E-state index in [2.05, 4.69) is 11.8 Å². The third-order valence-electron chi connectivity index (χ3n) is 1.91. The fraction of sp³-hybridized carbons (Fsp3) is 0.300. The number of benzene rings is 1. The van der Waals surface area contributed by atoms with Crippen molar-refractivity contribution in [3.8, 4) is 0 Å². The Morgan fingerprint density at radius 1 is 1.31 bits per heavy atom. The molecule has 0 unspecified atom stereocenters. The van der Waals surface area contributed by atoms with Crippen LogP contribution in [0.25, 0.3) is 0 Å². The van der Waals surface area contributed by atoms with E-state index >= 15 is 0 Å². The highest BCUT2D eigenvalue weighted by Crippen LogP contribution is 2.05. The van der Waals surface area contributed by atoms with Crippen LogP contribution >= 0.6 is 0 Å². The molecule has 0 saturated heterocycles. The molecule has 3 nitrogen and oxygen atoms in total. The maximum atomic E-state index is 10.8. The highest BCUT2D eigenvalue weighted by atomic mass is 16.7. The lowest BCUT2D eigenvalue weighted by molar-refractivity contribution is -0.143. The monoisotopic (exact) mass is 179 g/mol. The van der Waals surface area contributed by atoms with E-state index in [9.17, 15) is 4.79 Å². The minimum Gasteiger partial charge on any atom is -0.373 e. The Balaban J connectivity index is 2.64. The van der Waals surface area contributed by atoms with E-state index in [0.29, 0.717) is 0 Å². The molecule has 0 amide bonds. The van der Waals surface area contributed by atoms with Gasteiger partial charge in [0.05, 0.1) is 6.42 Å². The van der Waals surface area contributed by atoms with Gasteiger partial charge in [0.2, 0.25) is 0 Å². The minimum atomic E-state index is -0.413. The largest absolute Gasteiger partial charge is 0.373 e. The van der Waals surface area contributed by atoms with Gasteiger partial charge in [-0.3, -0.25) is 4.79 Å². The molecule has 13 heavy (non-hydrogen) atoms. The third kappa shape index (κ3) is 2.87. The van der Waals surface area contributed by atoms with Gasteiger partial charge >= 0.3 is 5.97 Å². The van der Waals surface area contributed by atoms with Gasteiger partial charge in [0, 0.05) is 0 Å². The van der Waals surface area contributed by atoms with E-state index in [-0.39, 0.29) is 6.42 Å². The lowest BCUT2D eigenvalue weighted by Gasteiger charge is -2.00. The van der Waals surface area contributed by atoms with E-state index in [1.807, 2.05) is 24.3 Å². The Kier molecular flexibility index (Phi) is 3.46. The Hall–Kier alpha value is -1.35. The number of nitrogens with two attached hydrogens (primary N) is 1. The van der Waals surface area contributed by atoms with Crippen molar-refractivity contribution >= 4 is 5.97 Å². The van der Waals surface area contributed by atoms with Crippen LogP contribution in [-0.4, -0.2) is 5.97 Å². The summed E-state index contributed by atoms with van der Waals surface area (Å²) in [4.78, 5) is 14.9. The maximum Gasteiger partial charge on any atom is 0.328 e. The summed E-state index contributed by atoms with van der Waals surface area (Å²) < 4.78 is 0. The molecule has 1 aromatic carbocycles. The second kappa shape index (κ2) is 4.62. The van der Waals surface area contributed by atoms with Gasteiger partial charge in [0.15, 0.2) is 0 Å². The molecule has 0 aliphatic rings. The van der Waals surface area contributed by atoms with Crippen molar-refractivity contribution in [2.75, 3.05) is 0 Å². The Morgan fingerprint density at radius 3 is 2.31 bits per heavy atom. The summed E-state index contributed by atoms with van der Waals surface area (Å²) in [6, 6.07) is 7.82. The molecule has 2 N–H and O–H groups in total. The van der Waals surface area contributed by atoms with Gasteiger partial charge in [-0.05, 0) is 17.5 Å². The summed E-state index contributed by atoms with van der Waals surface area (Å²) in [5.74, 6) is 4.31. The van der Waals surface area contributed by atoms with Gasteiger partial charge in [0.1, 0.15) is 0 Å². The van der Waals surface area contributed by atoms with Gasteiger partial charge in [-0.15, -0.1) is 0 Å². The topological polar surface area (TPSA) is 52.3 Å². The van der Waals surface area contributed by atoms with E-state index in [1.54, 1.807) is 0 Å². The van der Waals surface area contributed by atoms with Crippen LogP contribution in [0, 0.1) is 0 Å². The van der Waals surface area contributed by atoms with Crippen LogP contribution in [0.15, 0.2) is 24.3 Å². The first kappa shape index (κ1) is 9.74. The molecule has 1 rings (SSSR count). The predicted octanol–water partition coefficient (Wildman–Crippen LogP) is 1.21. The summed E-state index contributed by atoms with van der Waals surface area (Å²) in [5.41, 5.74) is 2.18. The SMILES string of the molecule is CCc1ccc(CC(=O)ON)cc1. The normalized spacial score (nSPS) is 9.69. The van der Waals surface area contributed by atoms with Crippen LogP contribution in [-0.2, 0) is 22.5 Å². The van der Waals surface area contributed by atoms with Crippen LogP contribution < -0.4 is 5.90 Å². The number of hydrogen-bond donors (Lipinski definition) is 1. The standard InChI is InChI=1S/C10H13NO2/c1-2-8-3-5-9(6-4-8)7-10(12)13-11/h3-6H,2,7,11H2,1H3. The van der Waals surface area contributed by atoms with E-state index in [4.69, 9.17) is 5.90 Å². The van der Waals surface area contributed by atoms with Crippen molar-refractivity contribution in [2.45, 2.75) is 19.8 Å². The minimum absolute atomic E-state index is 0.237. The number of aryl methyl sites for hydroxylation is 1. The van der Waals surface area contributed by atoms with E-state index < -0.39 is 5.97 Å². The van der Waals surface area contributed by atoms with Crippen LogP contribution in [0.5, 0.6) is 0 Å².